The van der Waals surface area contributed by atoms with Crippen LogP contribution >= 0.6 is 11.8 Å². The molecule has 2 aliphatic rings. The van der Waals surface area contributed by atoms with Gasteiger partial charge in [-0.05, 0) is 49.6 Å². The van der Waals surface area contributed by atoms with E-state index in [-0.39, 0.29) is 24.1 Å². The molecular formula is C25H25N5O4S. The standard InChI is InChI=1S/C25H25N5O4S/c1-15-26-19-9-8-18(13-20(19)34-15)28-23(32)16-6-5-7-17(12-16)27-22(31)14-21-24(33)29-25(35-21)30-10-3-2-4-11-30/h5-9,12-13,21H,2-4,10-11,14H2,1H3,(H,27,31)(H,28,32). The van der Waals surface area contributed by atoms with Crippen molar-refractivity contribution in [1.82, 2.24) is 9.88 Å². The number of fused-ring (bicyclic) bond motifs is 1. The number of nitrogens with zero attached hydrogens (tertiary/aromatic N) is 3. The van der Waals surface area contributed by atoms with Gasteiger partial charge in [0, 0.05) is 49.4 Å². The summed E-state index contributed by atoms with van der Waals surface area (Å²) >= 11 is 1.36. The molecule has 0 radical (unpaired) electrons. The quantitative estimate of drug-likeness (QED) is 0.549. The van der Waals surface area contributed by atoms with Gasteiger partial charge in [0.2, 0.25) is 5.91 Å². The van der Waals surface area contributed by atoms with Crippen LogP contribution in [0.3, 0.4) is 0 Å². The number of aromatic nitrogens is 1. The number of rotatable bonds is 5. The van der Waals surface area contributed by atoms with Crippen molar-refractivity contribution in [1.29, 1.82) is 0 Å². The molecule has 0 saturated carbocycles. The number of likely N-dealkylation sites (tertiary alicyclic amines) is 1. The lowest BCUT2D eigenvalue weighted by molar-refractivity contribution is -0.121. The van der Waals surface area contributed by atoms with E-state index < -0.39 is 5.25 Å². The van der Waals surface area contributed by atoms with Crippen LogP contribution in [0.25, 0.3) is 11.1 Å². The number of hydrogen-bond acceptors (Lipinski definition) is 7. The van der Waals surface area contributed by atoms with Crippen molar-refractivity contribution in [2.75, 3.05) is 23.7 Å². The van der Waals surface area contributed by atoms with E-state index in [9.17, 15) is 14.4 Å². The number of hydrogen-bond donors (Lipinski definition) is 2. The zero-order chi connectivity index (χ0) is 24.4. The van der Waals surface area contributed by atoms with Gasteiger partial charge in [-0.1, -0.05) is 17.8 Å². The first-order valence-corrected chi connectivity index (χ1v) is 12.5. The molecule has 1 fully saturated rings. The van der Waals surface area contributed by atoms with E-state index in [1.165, 1.54) is 18.2 Å². The zero-order valence-corrected chi connectivity index (χ0v) is 20.1. The van der Waals surface area contributed by atoms with Gasteiger partial charge >= 0.3 is 0 Å². The normalized spacial score (nSPS) is 18.0. The summed E-state index contributed by atoms with van der Waals surface area (Å²) in [6, 6.07) is 11.9. The molecule has 2 aliphatic heterocycles. The molecule has 2 aromatic carbocycles. The van der Waals surface area contributed by atoms with Crippen molar-refractivity contribution in [3.05, 3.63) is 53.9 Å². The summed E-state index contributed by atoms with van der Waals surface area (Å²) in [5.74, 6) is -0.330. The van der Waals surface area contributed by atoms with E-state index >= 15 is 0 Å². The molecular weight excluding hydrogens is 466 g/mol. The minimum Gasteiger partial charge on any atom is -0.441 e. The average molecular weight is 492 g/mol. The molecule has 1 atom stereocenters. The van der Waals surface area contributed by atoms with Gasteiger partial charge in [0.1, 0.15) is 10.8 Å². The topological polar surface area (TPSA) is 117 Å². The molecule has 3 aromatic rings. The number of carbonyl (C=O) groups is 3. The number of carbonyl (C=O) groups excluding carboxylic acids is 3. The molecule has 2 N–H and O–H groups in total. The summed E-state index contributed by atoms with van der Waals surface area (Å²) in [7, 11) is 0. The Balaban J connectivity index is 1.18. The second-order valence-corrected chi connectivity index (χ2v) is 9.76. The average Bonchev–Trinajstić information content (AvgIpc) is 3.40. The van der Waals surface area contributed by atoms with Gasteiger partial charge in [0.25, 0.3) is 11.8 Å². The van der Waals surface area contributed by atoms with Gasteiger partial charge in [-0.15, -0.1) is 0 Å². The van der Waals surface area contributed by atoms with Gasteiger partial charge in [0.05, 0.1) is 0 Å². The summed E-state index contributed by atoms with van der Waals surface area (Å²) in [6.07, 6.45) is 3.41. The van der Waals surface area contributed by atoms with Crippen LogP contribution in [-0.4, -0.2) is 51.1 Å². The Morgan fingerprint density at radius 3 is 2.71 bits per heavy atom. The first-order valence-electron chi connectivity index (χ1n) is 11.6. The van der Waals surface area contributed by atoms with Crippen LogP contribution in [0.15, 0.2) is 51.9 Å². The maximum Gasteiger partial charge on any atom is 0.262 e. The second kappa shape index (κ2) is 9.91. The summed E-state index contributed by atoms with van der Waals surface area (Å²) < 4.78 is 5.52. The minimum atomic E-state index is -0.520. The lowest BCUT2D eigenvalue weighted by Gasteiger charge is -2.27. The number of anilines is 2. The van der Waals surface area contributed by atoms with E-state index in [1.807, 2.05) is 0 Å². The van der Waals surface area contributed by atoms with Crippen molar-refractivity contribution in [2.24, 2.45) is 4.99 Å². The smallest absolute Gasteiger partial charge is 0.262 e. The monoisotopic (exact) mass is 491 g/mol. The van der Waals surface area contributed by atoms with Gasteiger partial charge < -0.3 is 20.0 Å². The molecule has 180 valence electrons. The van der Waals surface area contributed by atoms with Crippen LogP contribution in [0, 0.1) is 6.92 Å². The van der Waals surface area contributed by atoms with Crippen LogP contribution in [0.5, 0.6) is 0 Å². The molecule has 5 rings (SSSR count). The third kappa shape index (κ3) is 5.37. The van der Waals surface area contributed by atoms with E-state index in [0.29, 0.717) is 28.4 Å². The molecule has 0 bridgehead atoms. The van der Waals surface area contributed by atoms with Gasteiger partial charge in [-0.25, -0.2) is 4.98 Å². The van der Waals surface area contributed by atoms with Crippen LogP contribution in [0.1, 0.15) is 41.9 Å². The number of amidine groups is 1. The maximum absolute atomic E-state index is 12.8. The van der Waals surface area contributed by atoms with E-state index in [2.05, 4.69) is 25.5 Å². The van der Waals surface area contributed by atoms with Gasteiger partial charge in [0.15, 0.2) is 16.6 Å². The van der Waals surface area contributed by atoms with Crippen LogP contribution < -0.4 is 10.6 Å². The first-order chi connectivity index (χ1) is 16.9. The van der Waals surface area contributed by atoms with Crippen LogP contribution in [-0.2, 0) is 9.59 Å². The zero-order valence-electron chi connectivity index (χ0n) is 19.2. The second-order valence-electron chi connectivity index (χ2n) is 8.59. The van der Waals surface area contributed by atoms with Crippen LogP contribution in [0.4, 0.5) is 11.4 Å². The number of amides is 3. The summed E-state index contributed by atoms with van der Waals surface area (Å²) in [6.45, 7) is 3.57. The SMILES string of the molecule is Cc1nc2ccc(NC(=O)c3cccc(NC(=O)CC4SC(N5CCCCC5)=NC4=O)c3)cc2o1. The number of aliphatic imine (C=N–C) groups is 1. The number of benzene rings is 2. The summed E-state index contributed by atoms with van der Waals surface area (Å²) in [5, 5.41) is 5.84. The highest BCUT2D eigenvalue weighted by Crippen LogP contribution is 2.29. The Kier molecular flexibility index (Phi) is 6.54. The fourth-order valence-corrected chi connectivity index (χ4v) is 5.29. The fraction of sp³-hybridized carbons (Fsp3) is 0.320. The van der Waals surface area contributed by atoms with Crippen molar-refractivity contribution >= 4 is 57.1 Å². The predicted octanol–water partition coefficient (Wildman–Crippen LogP) is 4.20. The molecule has 1 aromatic heterocycles. The highest BCUT2D eigenvalue weighted by atomic mass is 32.2. The van der Waals surface area contributed by atoms with Crippen molar-refractivity contribution in [3.63, 3.8) is 0 Å². The third-order valence-corrected chi connectivity index (χ3v) is 7.10. The van der Waals surface area contributed by atoms with Gasteiger partial charge in [-0.2, -0.15) is 4.99 Å². The molecule has 9 nitrogen and oxygen atoms in total. The number of thioether (sulfide) groups is 1. The Hall–Kier alpha value is -3.66. The Bertz CT molecular complexity index is 1330. The predicted molar refractivity (Wildman–Crippen MR) is 136 cm³/mol. The lowest BCUT2D eigenvalue weighted by Crippen LogP contribution is -2.33. The first kappa shape index (κ1) is 23.1. The number of piperidine rings is 1. The van der Waals surface area contributed by atoms with Crippen LogP contribution in [0.2, 0.25) is 0 Å². The lowest BCUT2D eigenvalue weighted by atomic mass is 10.1. The number of oxazole rings is 1. The summed E-state index contributed by atoms with van der Waals surface area (Å²) in [5.41, 5.74) is 2.76. The molecule has 1 unspecified atom stereocenters. The molecule has 3 heterocycles. The van der Waals surface area contributed by atoms with Crippen molar-refractivity contribution < 1.29 is 18.8 Å². The Morgan fingerprint density at radius 1 is 1.09 bits per heavy atom. The van der Waals surface area contributed by atoms with E-state index in [0.717, 1.165) is 36.6 Å². The minimum absolute atomic E-state index is 0.0252. The fourth-order valence-electron chi connectivity index (χ4n) is 4.17. The van der Waals surface area contributed by atoms with Gasteiger partial charge in [-0.3, -0.25) is 14.4 Å². The molecule has 0 aliphatic carbocycles. The third-order valence-electron chi connectivity index (χ3n) is 5.89. The van der Waals surface area contributed by atoms with Crippen molar-refractivity contribution in [3.8, 4) is 0 Å². The maximum atomic E-state index is 12.8. The Morgan fingerprint density at radius 2 is 1.89 bits per heavy atom. The summed E-state index contributed by atoms with van der Waals surface area (Å²) in [4.78, 5) is 48.3. The molecule has 1 saturated heterocycles. The van der Waals surface area contributed by atoms with Crippen molar-refractivity contribution in [2.45, 2.75) is 37.9 Å². The van der Waals surface area contributed by atoms with E-state index in [1.54, 1.807) is 49.4 Å². The Labute approximate surface area is 206 Å². The number of aryl methyl sites for hydroxylation is 1. The molecule has 3 amide bonds. The number of nitrogens with one attached hydrogen (secondary N) is 2. The van der Waals surface area contributed by atoms with E-state index in [4.69, 9.17) is 4.42 Å². The molecule has 0 spiro atoms. The highest BCUT2D eigenvalue weighted by Gasteiger charge is 2.33. The largest absolute Gasteiger partial charge is 0.441 e. The highest BCUT2D eigenvalue weighted by molar-refractivity contribution is 8.15. The molecule has 10 heteroatoms. The molecule has 35 heavy (non-hydrogen) atoms.